The van der Waals surface area contributed by atoms with Crippen LogP contribution in [0.5, 0.6) is 0 Å². The topological polar surface area (TPSA) is 0 Å². The second kappa shape index (κ2) is 4.25. The van der Waals surface area contributed by atoms with Gasteiger partial charge in [0.2, 0.25) is 0 Å². The standard InChI is InChI=1S/C6H11S/c1-6(2)4-3-5-7/h6H,3-4H2,1-2H3. The predicted molar refractivity (Wildman–Crippen MR) is 36.7 cm³/mol. The molecule has 0 heterocycles. The van der Waals surface area contributed by atoms with Crippen LogP contribution in [0.3, 0.4) is 0 Å². The summed E-state index contributed by atoms with van der Waals surface area (Å²) < 4.78 is 0. The summed E-state index contributed by atoms with van der Waals surface area (Å²) in [6.45, 7) is 4.37. The lowest BCUT2D eigenvalue weighted by atomic mass is 10.1. The van der Waals surface area contributed by atoms with Gasteiger partial charge in [0.25, 0.3) is 0 Å². The molecule has 0 aromatic carbocycles. The fraction of sp³-hybridized carbons (Fsp3) is 0.833. The third kappa shape index (κ3) is 6.09. The highest BCUT2D eigenvalue weighted by atomic mass is 32.1. The van der Waals surface area contributed by atoms with Crippen molar-refractivity contribution >= 4 is 17.6 Å². The van der Waals surface area contributed by atoms with E-state index in [0.29, 0.717) is 0 Å². The summed E-state index contributed by atoms with van der Waals surface area (Å²) in [6.07, 6.45) is 2.15. The third-order valence-electron chi connectivity index (χ3n) is 0.824. The lowest BCUT2D eigenvalue weighted by Crippen LogP contribution is -1.84. The van der Waals surface area contributed by atoms with Gasteiger partial charge in [0, 0.05) is 5.37 Å². The van der Waals surface area contributed by atoms with Gasteiger partial charge in [-0.15, -0.1) is 0 Å². The highest BCUT2D eigenvalue weighted by Crippen LogP contribution is 2.00. The van der Waals surface area contributed by atoms with Gasteiger partial charge in [0.05, 0.1) is 0 Å². The van der Waals surface area contributed by atoms with Gasteiger partial charge in [0.1, 0.15) is 0 Å². The monoisotopic (exact) mass is 115 g/mol. The van der Waals surface area contributed by atoms with Crippen molar-refractivity contribution in [2.24, 2.45) is 5.92 Å². The average Bonchev–Trinajstić information content (AvgIpc) is 1.61. The Balaban J connectivity index is 2.81. The molecule has 0 aliphatic heterocycles. The van der Waals surface area contributed by atoms with E-state index in [1.54, 1.807) is 0 Å². The summed E-state index contributed by atoms with van der Waals surface area (Å²) in [6, 6.07) is 0. The lowest BCUT2D eigenvalue weighted by molar-refractivity contribution is 0.608. The van der Waals surface area contributed by atoms with Crippen LogP contribution in [0.2, 0.25) is 0 Å². The molecule has 0 fully saturated rings. The fourth-order valence-electron chi connectivity index (χ4n) is 0.348. The molecule has 7 heavy (non-hydrogen) atoms. The van der Waals surface area contributed by atoms with E-state index in [-0.39, 0.29) is 0 Å². The van der Waals surface area contributed by atoms with Crippen molar-refractivity contribution in [1.82, 2.24) is 0 Å². The Kier molecular flexibility index (Phi) is 4.31. The second-order valence-corrected chi connectivity index (χ2v) is 2.37. The Bertz CT molecular complexity index is 48.1. The van der Waals surface area contributed by atoms with Crippen LogP contribution in [0.4, 0.5) is 0 Å². The first kappa shape index (κ1) is 7.09. The summed E-state index contributed by atoms with van der Waals surface area (Å²) in [5.74, 6) is 0.774. The molecule has 1 heteroatoms. The van der Waals surface area contributed by atoms with E-state index >= 15 is 0 Å². The molecule has 0 saturated carbocycles. The molecule has 0 unspecified atom stereocenters. The minimum absolute atomic E-state index is 0.774. The Morgan fingerprint density at radius 2 is 2.14 bits per heavy atom. The molecule has 41 valence electrons. The minimum Gasteiger partial charge on any atom is -0.0837 e. The summed E-state index contributed by atoms with van der Waals surface area (Å²) in [5.41, 5.74) is 0. The van der Waals surface area contributed by atoms with E-state index in [9.17, 15) is 0 Å². The van der Waals surface area contributed by atoms with E-state index < -0.39 is 0 Å². The molecule has 1 radical (unpaired) electrons. The van der Waals surface area contributed by atoms with Gasteiger partial charge in [0.15, 0.2) is 0 Å². The van der Waals surface area contributed by atoms with Gasteiger partial charge in [-0.25, -0.2) is 0 Å². The highest BCUT2D eigenvalue weighted by Gasteiger charge is 1.88. The zero-order valence-electron chi connectivity index (χ0n) is 4.90. The fourth-order valence-corrected chi connectivity index (χ4v) is 0.465. The molecule has 0 bridgehead atoms. The van der Waals surface area contributed by atoms with Gasteiger partial charge < -0.3 is 0 Å². The van der Waals surface area contributed by atoms with Crippen molar-refractivity contribution in [3.05, 3.63) is 0 Å². The third-order valence-corrected chi connectivity index (χ3v) is 1.03. The van der Waals surface area contributed by atoms with Crippen LogP contribution in [0.1, 0.15) is 26.7 Å². The van der Waals surface area contributed by atoms with E-state index in [4.69, 9.17) is 0 Å². The maximum atomic E-state index is 4.52. The Morgan fingerprint density at radius 1 is 1.57 bits per heavy atom. The smallest absolute Gasteiger partial charge is 0.0291 e. The van der Waals surface area contributed by atoms with Crippen LogP contribution in [0.25, 0.3) is 0 Å². The molecule has 0 rings (SSSR count). The first-order chi connectivity index (χ1) is 3.27. The maximum absolute atomic E-state index is 4.52. The van der Waals surface area contributed by atoms with Crippen LogP contribution in [-0.4, -0.2) is 5.37 Å². The normalized spacial score (nSPS) is 9.57. The van der Waals surface area contributed by atoms with Crippen LogP contribution in [0.15, 0.2) is 0 Å². The molecular weight excluding hydrogens is 104 g/mol. The highest BCUT2D eigenvalue weighted by molar-refractivity contribution is 7.78. The molecule has 0 spiro atoms. The molecule has 0 amide bonds. The lowest BCUT2D eigenvalue weighted by Gasteiger charge is -1.95. The summed E-state index contributed by atoms with van der Waals surface area (Å²) in [4.78, 5) is 0. The summed E-state index contributed by atoms with van der Waals surface area (Å²) in [7, 11) is 0. The van der Waals surface area contributed by atoms with Crippen LogP contribution >= 0.6 is 12.2 Å². The van der Waals surface area contributed by atoms with Gasteiger partial charge in [-0.05, 0) is 18.8 Å². The summed E-state index contributed by atoms with van der Waals surface area (Å²) in [5, 5.41) is 2.68. The molecule has 0 saturated heterocycles. The molecule has 0 aromatic rings. The van der Waals surface area contributed by atoms with Crippen molar-refractivity contribution in [3.63, 3.8) is 0 Å². The Morgan fingerprint density at radius 3 is 2.29 bits per heavy atom. The zero-order chi connectivity index (χ0) is 5.70. The molecule has 0 aliphatic rings. The zero-order valence-corrected chi connectivity index (χ0v) is 5.72. The number of hydrogen-bond acceptors (Lipinski definition) is 1. The molecule has 0 atom stereocenters. The van der Waals surface area contributed by atoms with Gasteiger partial charge >= 0.3 is 0 Å². The van der Waals surface area contributed by atoms with E-state index in [0.717, 1.165) is 12.3 Å². The van der Waals surface area contributed by atoms with Crippen LogP contribution in [0, 0.1) is 5.92 Å². The van der Waals surface area contributed by atoms with Gasteiger partial charge in [-0.1, -0.05) is 26.1 Å². The predicted octanol–water partition coefficient (Wildman–Crippen LogP) is 2.30. The quantitative estimate of drug-likeness (QED) is 0.508. The molecule has 0 aliphatic carbocycles. The first-order valence-corrected chi connectivity index (χ1v) is 3.03. The number of rotatable bonds is 3. The van der Waals surface area contributed by atoms with Crippen molar-refractivity contribution < 1.29 is 0 Å². The molecule has 0 aromatic heterocycles. The Labute approximate surface area is 50.9 Å². The van der Waals surface area contributed by atoms with Gasteiger partial charge in [-0.2, -0.15) is 0 Å². The van der Waals surface area contributed by atoms with Crippen molar-refractivity contribution in [2.45, 2.75) is 26.7 Å². The minimum atomic E-state index is 0.774. The summed E-state index contributed by atoms with van der Waals surface area (Å²) >= 11 is 4.52. The molecule has 0 nitrogen and oxygen atoms in total. The molecule has 0 N–H and O–H groups in total. The second-order valence-electron chi connectivity index (χ2n) is 2.08. The van der Waals surface area contributed by atoms with Crippen molar-refractivity contribution in [1.29, 1.82) is 0 Å². The van der Waals surface area contributed by atoms with E-state index in [2.05, 4.69) is 31.4 Å². The average molecular weight is 115 g/mol. The van der Waals surface area contributed by atoms with Crippen LogP contribution in [-0.2, 0) is 0 Å². The maximum Gasteiger partial charge on any atom is 0.0291 e. The SMILES string of the molecule is CC(C)CC[C]=S. The Hall–Kier alpha value is 0.0900. The number of hydrogen-bond donors (Lipinski definition) is 0. The first-order valence-electron chi connectivity index (χ1n) is 2.62. The largest absolute Gasteiger partial charge is 0.0837 e. The van der Waals surface area contributed by atoms with Gasteiger partial charge in [-0.3, -0.25) is 0 Å². The van der Waals surface area contributed by atoms with Crippen molar-refractivity contribution in [2.75, 3.05) is 0 Å². The van der Waals surface area contributed by atoms with E-state index in [1.807, 2.05) is 0 Å². The molecular formula is C6H11S. The van der Waals surface area contributed by atoms with Crippen molar-refractivity contribution in [3.8, 4) is 0 Å². The van der Waals surface area contributed by atoms with E-state index in [1.165, 1.54) is 6.42 Å². The van der Waals surface area contributed by atoms with Crippen LogP contribution < -0.4 is 0 Å². The number of thiocarbonyl (C=S) groups is 1.